The minimum Gasteiger partial charge on any atom is -0.351 e. The van der Waals surface area contributed by atoms with Gasteiger partial charge in [-0.15, -0.1) is 0 Å². The maximum absolute atomic E-state index is 14.1. The largest absolute Gasteiger partial charge is 0.351 e. The summed E-state index contributed by atoms with van der Waals surface area (Å²) in [6, 6.07) is 10.7. The molecule has 1 aromatic heterocycles. The molecule has 0 saturated heterocycles. The number of carbonyl (C=O) groups is 3. The summed E-state index contributed by atoms with van der Waals surface area (Å²) in [6.07, 6.45) is 11.2. The van der Waals surface area contributed by atoms with Crippen molar-refractivity contribution in [3.05, 3.63) is 59.9 Å². The van der Waals surface area contributed by atoms with E-state index in [-0.39, 0.29) is 29.1 Å². The molecule has 6 nitrogen and oxygen atoms in total. The van der Waals surface area contributed by atoms with Crippen LogP contribution in [0, 0.1) is 5.92 Å². The van der Waals surface area contributed by atoms with Crippen molar-refractivity contribution in [3.63, 3.8) is 0 Å². The van der Waals surface area contributed by atoms with E-state index in [1.807, 2.05) is 30.3 Å². The van der Waals surface area contributed by atoms with E-state index >= 15 is 0 Å². The number of amides is 2. The molecule has 0 bridgehead atoms. The third-order valence-electron chi connectivity index (χ3n) is 7.56. The molecule has 0 aliphatic heterocycles. The summed E-state index contributed by atoms with van der Waals surface area (Å²) >= 11 is 0. The number of Topliss-reactive ketones (excluding diaryl/α,β-unsaturated/α-hetero) is 1. The second-order valence-corrected chi connectivity index (χ2v) is 11.3. The highest BCUT2D eigenvalue weighted by Crippen LogP contribution is 2.34. The number of pyridine rings is 1. The molecule has 2 amide bonds. The van der Waals surface area contributed by atoms with Gasteiger partial charge in [-0.05, 0) is 54.9 Å². The number of hydrogen-bond acceptors (Lipinski definition) is 4. The van der Waals surface area contributed by atoms with Gasteiger partial charge < -0.3 is 5.32 Å². The predicted octanol–water partition coefficient (Wildman–Crippen LogP) is 5.66. The molecule has 6 heteroatoms. The lowest BCUT2D eigenvalue weighted by Gasteiger charge is -2.36. The summed E-state index contributed by atoms with van der Waals surface area (Å²) < 4.78 is 0. The van der Waals surface area contributed by atoms with Gasteiger partial charge in [-0.3, -0.25) is 24.3 Å². The van der Waals surface area contributed by atoms with Crippen LogP contribution in [0.1, 0.15) is 95.7 Å². The van der Waals surface area contributed by atoms with Crippen molar-refractivity contribution in [1.82, 2.24) is 10.3 Å². The fraction of sp³-hybridized carbons (Fsp3) is 0.533. The monoisotopic (exact) mass is 489 g/mol. The number of benzene rings is 1. The van der Waals surface area contributed by atoms with Crippen LogP contribution >= 0.6 is 0 Å². The van der Waals surface area contributed by atoms with Crippen LogP contribution < -0.4 is 10.2 Å². The normalized spacial score (nSPS) is 20.0. The molecule has 192 valence electrons. The van der Waals surface area contributed by atoms with E-state index in [1.165, 1.54) is 6.42 Å². The van der Waals surface area contributed by atoms with Crippen molar-refractivity contribution in [2.24, 2.45) is 5.92 Å². The van der Waals surface area contributed by atoms with Gasteiger partial charge in [0.15, 0.2) is 0 Å². The molecule has 0 spiro atoms. The SMILES string of the molecule is CC(C)(C)c1ccc(N(C(=O)C2CCCCC2=O)C(C(=O)NC2CCCCC2)c2cccnc2)cc1. The van der Waals surface area contributed by atoms with Crippen molar-refractivity contribution >= 4 is 23.3 Å². The minimum absolute atomic E-state index is 0.0276. The molecule has 2 unspecified atom stereocenters. The van der Waals surface area contributed by atoms with E-state index in [1.54, 1.807) is 23.4 Å². The number of aromatic nitrogens is 1. The van der Waals surface area contributed by atoms with Crippen molar-refractivity contribution in [1.29, 1.82) is 0 Å². The van der Waals surface area contributed by atoms with Crippen LogP contribution in [0.15, 0.2) is 48.8 Å². The van der Waals surface area contributed by atoms with E-state index in [9.17, 15) is 14.4 Å². The van der Waals surface area contributed by atoms with Gasteiger partial charge in [-0.2, -0.15) is 0 Å². The number of rotatable bonds is 6. The van der Waals surface area contributed by atoms with Gasteiger partial charge in [0.25, 0.3) is 0 Å². The Morgan fingerprint density at radius 3 is 2.28 bits per heavy atom. The second-order valence-electron chi connectivity index (χ2n) is 11.3. The van der Waals surface area contributed by atoms with Crippen molar-refractivity contribution in [2.75, 3.05) is 4.90 Å². The zero-order chi connectivity index (χ0) is 25.7. The molecule has 2 fully saturated rings. The molecular weight excluding hydrogens is 450 g/mol. The van der Waals surface area contributed by atoms with Gasteiger partial charge in [0.05, 0.1) is 5.92 Å². The van der Waals surface area contributed by atoms with Crippen LogP contribution in [0.2, 0.25) is 0 Å². The fourth-order valence-corrected chi connectivity index (χ4v) is 5.42. The highest BCUT2D eigenvalue weighted by atomic mass is 16.2. The number of carbonyl (C=O) groups excluding carboxylic acids is 3. The first-order chi connectivity index (χ1) is 17.3. The minimum atomic E-state index is -0.900. The molecule has 1 N–H and O–H groups in total. The standard InChI is InChI=1S/C30H39N3O3/c1-30(2,3)22-15-17-24(18-16-22)33(29(36)25-13-7-8-14-26(25)34)27(21-10-9-19-31-20-21)28(35)32-23-11-5-4-6-12-23/h9-10,15-20,23,25,27H,4-8,11-14H2,1-3H3,(H,32,35). The number of ketones is 1. The Bertz CT molecular complexity index is 1050. The van der Waals surface area contributed by atoms with Crippen LogP contribution in [0.3, 0.4) is 0 Å². The highest BCUT2D eigenvalue weighted by Gasteiger charge is 2.40. The Kier molecular flexibility index (Phi) is 8.22. The van der Waals surface area contributed by atoms with Crippen LogP contribution in [0.5, 0.6) is 0 Å². The summed E-state index contributed by atoms with van der Waals surface area (Å²) in [5.41, 5.74) is 2.35. The summed E-state index contributed by atoms with van der Waals surface area (Å²) in [7, 11) is 0. The van der Waals surface area contributed by atoms with E-state index in [0.717, 1.165) is 44.1 Å². The van der Waals surface area contributed by atoms with E-state index < -0.39 is 12.0 Å². The Labute approximate surface area is 214 Å². The Balaban J connectivity index is 1.77. The van der Waals surface area contributed by atoms with E-state index in [2.05, 4.69) is 31.1 Å². The summed E-state index contributed by atoms with van der Waals surface area (Å²) in [6.45, 7) is 6.42. The fourth-order valence-electron chi connectivity index (χ4n) is 5.42. The number of anilines is 1. The molecule has 2 aliphatic carbocycles. The molecule has 0 radical (unpaired) electrons. The first-order valence-electron chi connectivity index (χ1n) is 13.4. The van der Waals surface area contributed by atoms with Crippen molar-refractivity contribution < 1.29 is 14.4 Å². The lowest BCUT2D eigenvalue weighted by Crippen LogP contribution is -2.50. The molecule has 1 aromatic carbocycles. The van der Waals surface area contributed by atoms with E-state index in [0.29, 0.717) is 24.1 Å². The third kappa shape index (κ3) is 6.03. The van der Waals surface area contributed by atoms with Crippen LogP contribution in [-0.4, -0.2) is 28.6 Å². The molecular formula is C30H39N3O3. The van der Waals surface area contributed by atoms with Gasteiger partial charge in [0.2, 0.25) is 11.8 Å². The summed E-state index contributed by atoms with van der Waals surface area (Å²) in [4.78, 5) is 46.7. The van der Waals surface area contributed by atoms with Gasteiger partial charge in [0.1, 0.15) is 11.8 Å². The quantitative estimate of drug-likeness (QED) is 0.531. The number of nitrogens with one attached hydrogen (secondary N) is 1. The van der Waals surface area contributed by atoms with Crippen LogP contribution in [0.25, 0.3) is 0 Å². The zero-order valence-electron chi connectivity index (χ0n) is 21.8. The highest BCUT2D eigenvalue weighted by molar-refractivity contribution is 6.11. The molecule has 4 rings (SSSR count). The average Bonchev–Trinajstić information content (AvgIpc) is 2.88. The van der Waals surface area contributed by atoms with E-state index in [4.69, 9.17) is 0 Å². The summed E-state index contributed by atoms with van der Waals surface area (Å²) in [5.74, 6) is -1.26. The Morgan fingerprint density at radius 1 is 0.972 bits per heavy atom. The average molecular weight is 490 g/mol. The topological polar surface area (TPSA) is 79.4 Å². The first kappa shape index (κ1) is 26.1. The summed E-state index contributed by atoms with van der Waals surface area (Å²) in [5, 5.41) is 3.23. The lowest BCUT2D eigenvalue weighted by atomic mass is 9.85. The Hall–Kier alpha value is -3.02. The van der Waals surface area contributed by atoms with Gasteiger partial charge in [-0.1, -0.05) is 64.7 Å². The first-order valence-corrected chi connectivity index (χ1v) is 13.4. The van der Waals surface area contributed by atoms with Crippen molar-refractivity contribution in [3.8, 4) is 0 Å². The van der Waals surface area contributed by atoms with Crippen molar-refractivity contribution in [2.45, 2.75) is 96.1 Å². The maximum atomic E-state index is 14.1. The number of nitrogens with zero attached hydrogens (tertiary/aromatic N) is 2. The Morgan fingerprint density at radius 2 is 1.67 bits per heavy atom. The predicted molar refractivity (Wildman–Crippen MR) is 142 cm³/mol. The van der Waals surface area contributed by atoms with Crippen LogP contribution in [-0.2, 0) is 19.8 Å². The van der Waals surface area contributed by atoms with Gasteiger partial charge in [0, 0.05) is 36.1 Å². The molecule has 1 heterocycles. The zero-order valence-corrected chi connectivity index (χ0v) is 21.8. The second kappa shape index (κ2) is 11.4. The van der Waals surface area contributed by atoms with Crippen LogP contribution in [0.4, 0.5) is 5.69 Å². The number of hydrogen-bond donors (Lipinski definition) is 1. The molecule has 2 atom stereocenters. The lowest BCUT2D eigenvalue weighted by molar-refractivity contribution is -0.136. The molecule has 2 aliphatic rings. The van der Waals surface area contributed by atoms with Gasteiger partial charge in [-0.25, -0.2) is 0 Å². The maximum Gasteiger partial charge on any atom is 0.248 e. The molecule has 36 heavy (non-hydrogen) atoms. The van der Waals surface area contributed by atoms with Gasteiger partial charge >= 0.3 is 0 Å². The third-order valence-corrected chi connectivity index (χ3v) is 7.56. The molecule has 2 aromatic rings. The molecule has 2 saturated carbocycles. The smallest absolute Gasteiger partial charge is 0.248 e.